The molecule has 1 aromatic carbocycles. The lowest BCUT2D eigenvalue weighted by molar-refractivity contribution is -0.145. The second-order valence-electron chi connectivity index (χ2n) is 8.65. The third-order valence-electron chi connectivity index (χ3n) is 5.29. The van der Waals surface area contributed by atoms with Gasteiger partial charge in [0.05, 0.1) is 23.7 Å². The van der Waals surface area contributed by atoms with Crippen molar-refractivity contribution in [3.63, 3.8) is 0 Å². The molecule has 1 heterocycles. The molecule has 0 aromatic heterocycles. The summed E-state index contributed by atoms with van der Waals surface area (Å²) < 4.78 is 0. The lowest BCUT2D eigenvalue weighted by atomic mass is 9.97. The molecule has 0 radical (unpaired) electrons. The van der Waals surface area contributed by atoms with Gasteiger partial charge in [-0.25, -0.2) is 5.01 Å². The predicted molar refractivity (Wildman–Crippen MR) is 121 cm³/mol. The predicted octanol–water partition coefficient (Wildman–Crippen LogP) is 0.829. The van der Waals surface area contributed by atoms with Gasteiger partial charge < -0.3 is 16.2 Å². The first-order valence-electron chi connectivity index (χ1n) is 11.0. The van der Waals surface area contributed by atoms with Crippen LogP contribution < -0.4 is 11.1 Å². The van der Waals surface area contributed by atoms with Crippen molar-refractivity contribution in [3.05, 3.63) is 34.9 Å². The number of aliphatic carboxylic acids is 1. The van der Waals surface area contributed by atoms with E-state index < -0.39 is 41.6 Å². The van der Waals surface area contributed by atoms with Crippen molar-refractivity contribution in [2.24, 2.45) is 17.6 Å². The van der Waals surface area contributed by atoms with Gasteiger partial charge in [0, 0.05) is 30.4 Å². The number of nitrogens with one attached hydrogen (secondary N) is 1. The monoisotopic (exact) mass is 474 g/mol. The van der Waals surface area contributed by atoms with Crippen LogP contribution in [0.2, 0.25) is 0 Å². The zero-order chi connectivity index (χ0) is 25.7. The normalized spacial score (nSPS) is 13.8. The Morgan fingerprint density at radius 1 is 1.03 bits per heavy atom. The Kier molecular flexibility index (Phi) is 8.63. The Balaban J connectivity index is 2.21. The summed E-state index contributed by atoms with van der Waals surface area (Å²) in [5.74, 6) is -4.70. The van der Waals surface area contributed by atoms with E-state index in [4.69, 9.17) is 10.8 Å². The molecule has 0 fully saturated rings. The molecule has 1 aliphatic heterocycles. The van der Waals surface area contributed by atoms with Gasteiger partial charge in [-0.1, -0.05) is 33.8 Å². The van der Waals surface area contributed by atoms with Crippen LogP contribution in [0, 0.1) is 11.8 Å². The molecule has 2 rings (SSSR count). The van der Waals surface area contributed by atoms with Crippen molar-refractivity contribution in [2.75, 3.05) is 13.1 Å². The molecule has 0 spiro atoms. The number of amides is 4. The molecule has 1 aliphatic rings. The molecule has 1 aromatic rings. The summed E-state index contributed by atoms with van der Waals surface area (Å²) in [6.07, 6.45) is -0.339. The summed E-state index contributed by atoms with van der Waals surface area (Å²) in [6, 6.07) is 3.18. The Labute approximate surface area is 197 Å². The number of hydrogen-bond donors (Lipinski definition) is 3. The minimum absolute atomic E-state index is 0.0257. The second-order valence-corrected chi connectivity index (χ2v) is 8.65. The van der Waals surface area contributed by atoms with Gasteiger partial charge in [0.1, 0.15) is 0 Å². The van der Waals surface area contributed by atoms with E-state index in [0.717, 1.165) is 10.0 Å². The van der Waals surface area contributed by atoms with E-state index in [1.165, 1.54) is 18.2 Å². The Morgan fingerprint density at radius 3 is 2.21 bits per heavy atom. The lowest BCUT2D eigenvalue weighted by Gasteiger charge is -2.31. The minimum Gasteiger partial charge on any atom is -0.481 e. The average Bonchev–Trinajstić information content (AvgIpc) is 3.03. The lowest BCUT2D eigenvalue weighted by Crippen LogP contribution is -2.54. The fraction of sp³-hybridized carbons (Fsp3) is 0.478. The highest BCUT2D eigenvalue weighted by Gasteiger charge is 2.42. The molecule has 0 bridgehead atoms. The molecule has 4 N–H and O–H groups in total. The molecule has 184 valence electrons. The van der Waals surface area contributed by atoms with Crippen molar-refractivity contribution in [1.82, 2.24) is 15.3 Å². The van der Waals surface area contributed by atoms with E-state index in [9.17, 15) is 28.8 Å². The smallest absolute Gasteiger partial charge is 0.303 e. The van der Waals surface area contributed by atoms with Crippen molar-refractivity contribution in [3.8, 4) is 0 Å². The van der Waals surface area contributed by atoms with E-state index >= 15 is 0 Å². The van der Waals surface area contributed by atoms with E-state index in [1.807, 2.05) is 0 Å². The minimum atomic E-state index is -1.08. The van der Waals surface area contributed by atoms with E-state index in [1.54, 1.807) is 27.7 Å². The number of hydrazine groups is 1. The Bertz CT molecular complexity index is 1020. The zero-order valence-corrected chi connectivity index (χ0v) is 19.7. The molecule has 11 heteroatoms. The third-order valence-corrected chi connectivity index (χ3v) is 5.29. The van der Waals surface area contributed by atoms with Crippen molar-refractivity contribution in [2.45, 2.75) is 46.6 Å². The SMILES string of the molecule is CC(C)C(=O)c1ccc2c(c1)C(=O)N(N(CCNC(=O)[C@@H](N)CCC(=O)O)C(=O)C(C)C)C2=O. The first kappa shape index (κ1) is 26.7. The zero-order valence-electron chi connectivity index (χ0n) is 19.7. The first-order valence-corrected chi connectivity index (χ1v) is 11.0. The van der Waals surface area contributed by atoms with Gasteiger partial charge in [-0.05, 0) is 18.6 Å². The summed E-state index contributed by atoms with van der Waals surface area (Å²) >= 11 is 0. The number of hydrogen-bond acceptors (Lipinski definition) is 7. The molecule has 4 amide bonds. The topological polar surface area (TPSA) is 167 Å². The summed E-state index contributed by atoms with van der Waals surface area (Å²) in [4.78, 5) is 74.1. The molecular formula is C23H30N4O7. The largest absolute Gasteiger partial charge is 0.481 e. The molecule has 0 saturated carbocycles. The van der Waals surface area contributed by atoms with Gasteiger partial charge in [-0.2, -0.15) is 5.01 Å². The van der Waals surface area contributed by atoms with Crippen LogP contribution in [0.15, 0.2) is 18.2 Å². The molecule has 11 nitrogen and oxygen atoms in total. The summed E-state index contributed by atoms with van der Waals surface area (Å²) in [7, 11) is 0. The molecular weight excluding hydrogens is 444 g/mol. The number of nitrogens with zero attached hydrogens (tertiary/aromatic N) is 2. The van der Waals surface area contributed by atoms with E-state index in [0.29, 0.717) is 5.56 Å². The van der Waals surface area contributed by atoms with Crippen LogP contribution in [0.4, 0.5) is 0 Å². The van der Waals surface area contributed by atoms with Crippen LogP contribution in [0.3, 0.4) is 0 Å². The standard InChI is InChI=1S/C23H30N4O7/c1-12(2)19(30)14-5-6-15-16(11-14)23(34)27(22(15)33)26(21(32)13(3)4)10-9-25-20(31)17(24)7-8-18(28)29/h5-6,11-13,17H,7-10,24H2,1-4H3,(H,25,31)(H,28,29)/t17-/m0/s1. The van der Waals surface area contributed by atoms with Crippen LogP contribution in [-0.4, -0.2) is 69.6 Å². The van der Waals surface area contributed by atoms with Crippen LogP contribution in [0.1, 0.15) is 71.6 Å². The second kappa shape index (κ2) is 11.0. The highest BCUT2D eigenvalue weighted by Crippen LogP contribution is 2.27. The van der Waals surface area contributed by atoms with Crippen molar-refractivity contribution < 1.29 is 33.9 Å². The Morgan fingerprint density at radius 2 is 1.65 bits per heavy atom. The van der Waals surface area contributed by atoms with E-state index in [-0.39, 0.29) is 48.8 Å². The van der Waals surface area contributed by atoms with Crippen molar-refractivity contribution >= 4 is 35.4 Å². The number of nitrogens with two attached hydrogens (primary N) is 1. The van der Waals surface area contributed by atoms with Gasteiger partial charge in [0.15, 0.2) is 5.78 Å². The summed E-state index contributed by atoms with van der Waals surface area (Å²) in [5.41, 5.74) is 6.07. The molecule has 0 saturated heterocycles. The van der Waals surface area contributed by atoms with Gasteiger partial charge >= 0.3 is 5.97 Å². The third kappa shape index (κ3) is 5.84. The van der Waals surface area contributed by atoms with Crippen LogP contribution in [-0.2, 0) is 14.4 Å². The number of fused-ring (bicyclic) bond motifs is 1. The van der Waals surface area contributed by atoms with Crippen LogP contribution in [0.5, 0.6) is 0 Å². The average molecular weight is 475 g/mol. The first-order chi connectivity index (χ1) is 15.9. The number of rotatable bonds is 11. The highest BCUT2D eigenvalue weighted by atomic mass is 16.4. The maximum Gasteiger partial charge on any atom is 0.303 e. The number of ketones is 1. The fourth-order valence-electron chi connectivity index (χ4n) is 3.37. The number of carboxylic acid groups (broad SMARTS) is 1. The Hall–Kier alpha value is -3.60. The van der Waals surface area contributed by atoms with E-state index in [2.05, 4.69) is 5.32 Å². The van der Waals surface area contributed by atoms with Gasteiger partial charge in [-0.3, -0.25) is 28.8 Å². The molecule has 1 atom stereocenters. The highest BCUT2D eigenvalue weighted by molar-refractivity contribution is 6.22. The number of carboxylic acids is 1. The molecule has 34 heavy (non-hydrogen) atoms. The number of benzene rings is 1. The number of carbonyl (C=O) groups excluding carboxylic acids is 5. The van der Waals surface area contributed by atoms with Gasteiger partial charge in [0.25, 0.3) is 11.8 Å². The van der Waals surface area contributed by atoms with Crippen LogP contribution in [0.25, 0.3) is 0 Å². The fourth-order valence-corrected chi connectivity index (χ4v) is 3.37. The maximum absolute atomic E-state index is 13.1. The van der Waals surface area contributed by atoms with Gasteiger partial charge in [-0.15, -0.1) is 0 Å². The number of Topliss-reactive ketones (excluding diaryl/α,β-unsaturated/α-hetero) is 1. The quantitative estimate of drug-likeness (QED) is 0.313. The van der Waals surface area contributed by atoms with Crippen molar-refractivity contribution in [1.29, 1.82) is 0 Å². The molecule has 0 aliphatic carbocycles. The number of imide groups is 1. The number of carbonyl (C=O) groups is 6. The maximum atomic E-state index is 13.1. The molecule has 0 unspecified atom stereocenters. The van der Waals surface area contributed by atoms with Gasteiger partial charge in [0.2, 0.25) is 11.8 Å². The van der Waals surface area contributed by atoms with Crippen LogP contribution >= 0.6 is 0 Å². The summed E-state index contributed by atoms with van der Waals surface area (Å²) in [5, 5.41) is 12.9. The summed E-state index contributed by atoms with van der Waals surface area (Å²) in [6.45, 7) is 6.33.